The number of hydrogen-bond acceptors (Lipinski definition) is 2. The Morgan fingerprint density at radius 2 is 2.00 bits per heavy atom. The Hall–Kier alpha value is -1.84. The van der Waals surface area contributed by atoms with Crippen LogP contribution in [0.1, 0.15) is 37.3 Å². The third-order valence-corrected chi connectivity index (χ3v) is 3.92. The summed E-state index contributed by atoms with van der Waals surface area (Å²) in [5, 5.41) is 8.95. The first-order valence-electron chi connectivity index (χ1n) is 7.12. The number of benzene rings is 1. The number of rotatable bonds is 4. The summed E-state index contributed by atoms with van der Waals surface area (Å²) in [6, 6.07) is 7.48. The highest BCUT2D eigenvalue weighted by Crippen LogP contribution is 2.20. The Labute approximate surface area is 119 Å². The minimum atomic E-state index is -0.840. The Morgan fingerprint density at radius 3 is 2.70 bits per heavy atom. The van der Waals surface area contributed by atoms with Crippen molar-refractivity contribution in [1.29, 1.82) is 0 Å². The fraction of sp³-hybridized carbons (Fsp3) is 0.500. The number of carbonyl (C=O) groups excluding carboxylic acids is 1. The molecule has 1 heterocycles. The maximum absolute atomic E-state index is 12.1. The molecule has 2 rings (SSSR count). The minimum absolute atomic E-state index is 0.00854. The molecule has 0 radical (unpaired) electrons. The van der Waals surface area contributed by atoms with E-state index in [0.29, 0.717) is 18.9 Å². The number of aliphatic carboxylic acids is 1. The van der Waals surface area contributed by atoms with Gasteiger partial charge in [0.2, 0.25) is 5.91 Å². The van der Waals surface area contributed by atoms with Gasteiger partial charge in [0, 0.05) is 19.5 Å². The molecule has 0 aromatic heterocycles. The first kappa shape index (κ1) is 14.6. The number of amides is 1. The number of carboxylic acids is 1. The van der Waals surface area contributed by atoms with E-state index in [1.807, 2.05) is 29.2 Å². The molecule has 4 nitrogen and oxygen atoms in total. The molecule has 1 N–H and O–H groups in total. The van der Waals surface area contributed by atoms with Crippen LogP contribution in [0.25, 0.3) is 0 Å². The highest BCUT2D eigenvalue weighted by Gasteiger charge is 2.21. The van der Waals surface area contributed by atoms with Crippen LogP contribution in [0, 0.1) is 5.92 Å². The topological polar surface area (TPSA) is 57.6 Å². The van der Waals surface area contributed by atoms with E-state index in [1.165, 1.54) is 0 Å². The lowest BCUT2D eigenvalue weighted by atomic mass is 10.0. The van der Waals surface area contributed by atoms with Crippen molar-refractivity contribution in [3.05, 3.63) is 35.4 Å². The van der Waals surface area contributed by atoms with E-state index < -0.39 is 5.97 Å². The van der Waals surface area contributed by atoms with Crippen LogP contribution in [0.5, 0.6) is 0 Å². The first-order valence-corrected chi connectivity index (χ1v) is 7.12. The summed E-state index contributed by atoms with van der Waals surface area (Å²) >= 11 is 0. The normalized spacial score (nSPS) is 19.8. The molecule has 1 atom stereocenters. The summed E-state index contributed by atoms with van der Waals surface area (Å²) in [6.45, 7) is 3.46. The quantitative estimate of drug-likeness (QED) is 0.918. The second-order valence-corrected chi connectivity index (χ2v) is 5.59. The molecule has 0 spiro atoms. The van der Waals surface area contributed by atoms with Gasteiger partial charge in [0.25, 0.3) is 0 Å². The van der Waals surface area contributed by atoms with Crippen molar-refractivity contribution in [1.82, 2.24) is 4.90 Å². The van der Waals surface area contributed by atoms with Gasteiger partial charge in [-0.25, -0.2) is 0 Å². The monoisotopic (exact) mass is 275 g/mol. The van der Waals surface area contributed by atoms with Gasteiger partial charge in [0.15, 0.2) is 0 Å². The summed E-state index contributed by atoms with van der Waals surface area (Å²) in [4.78, 5) is 24.9. The van der Waals surface area contributed by atoms with E-state index in [4.69, 9.17) is 5.11 Å². The predicted octanol–water partition coefficient (Wildman–Crippen LogP) is 2.46. The zero-order chi connectivity index (χ0) is 14.5. The molecule has 108 valence electrons. The Balaban J connectivity index is 2.12. The van der Waals surface area contributed by atoms with E-state index in [2.05, 4.69) is 6.92 Å². The molecule has 20 heavy (non-hydrogen) atoms. The molecular formula is C16H21NO3. The van der Waals surface area contributed by atoms with Crippen LogP contribution in [0.4, 0.5) is 0 Å². The smallest absolute Gasteiger partial charge is 0.307 e. The summed E-state index contributed by atoms with van der Waals surface area (Å²) in [5.74, 6) is -0.0778. The van der Waals surface area contributed by atoms with E-state index >= 15 is 0 Å². The Morgan fingerprint density at radius 1 is 1.30 bits per heavy atom. The number of carbonyl (C=O) groups is 2. The lowest BCUT2D eigenvalue weighted by molar-refractivity contribution is -0.136. The maximum Gasteiger partial charge on any atom is 0.307 e. The molecule has 1 fully saturated rings. The van der Waals surface area contributed by atoms with E-state index in [-0.39, 0.29) is 12.3 Å². The SMILES string of the molecule is CC1CCC(=O)N(Cc2ccccc2CC(=O)O)CC1. The van der Waals surface area contributed by atoms with Crippen LogP contribution in [-0.2, 0) is 22.6 Å². The third-order valence-electron chi connectivity index (χ3n) is 3.92. The van der Waals surface area contributed by atoms with Gasteiger partial charge in [-0.3, -0.25) is 9.59 Å². The fourth-order valence-electron chi connectivity index (χ4n) is 2.59. The Kier molecular flexibility index (Phi) is 4.77. The minimum Gasteiger partial charge on any atom is -0.481 e. The summed E-state index contributed by atoms with van der Waals surface area (Å²) in [5.41, 5.74) is 1.74. The standard InChI is InChI=1S/C16H21NO3/c1-12-6-7-15(18)17(9-8-12)11-14-5-3-2-4-13(14)10-16(19)20/h2-5,12H,6-11H2,1H3,(H,19,20). The van der Waals surface area contributed by atoms with Crippen molar-refractivity contribution in [3.8, 4) is 0 Å². The van der Waals surface area contributed by atoms with Gasteiger partial charge in [-0.15, -0.1) is 0 Å². The predicted molar refractivity (Wildman–Crippen MR) is 76.2 cm³/mol. The lowest BCUT2D eigenvalue weighted by Gasteiger charge is -2.22. The average Bonchev–Trinajstić information content (AvgIpc) is 2.56. The van der Waals surface area contributed by atoms with Crippen LogP contribution >= 0.6 is 0 Å². The van der Waals surface area contributed by atoms with Gasteiger partial charge in [0.1, 0.15) is 0 Å². The molecule has 1 aromatic carbocycles. The molecule has 1 unspecified atom stereocenters. The molecule has 0 bridgehead atoms. The van der Waals surface area contributed by atoms with E-state index in [1.54, 1.807) is 0 Å². The zero-order valence-corrected chi connectivity index (χ0v) is 11.8. The molecule has 1 aliphatic heterocycles. The zero-order valence-electron chi connectivity index (χ0n) is 11.8. The van der Waals surface area contributed by atoms with Gasteiger partial charge in [-0.05, 0) is 29.9 Å². The van der Waals surface area contributed by atoms with Crippen LogP contribution in [0.3, 0.4) is 0 Å². The lowest BCUT2D eigenvalue weighted by Crippen LogP contribution is -2.30. The van der Waals surface area contributed by atoms with E-state index in [0.717, 1.165) is 30.5 Å². The van der Waals surface area contributed by atoms with Crippen LogP contribution in [-0.4, -0.2) is 28.4 Å². The van der Waals surface area contributed by atoms with Gasteiger partial charge in [-0.2, -0.15) is 0 Å². The van der Waals surface area contributed by atoms with Crippen molar-refractivity contribution in [2.75, 3.05) is 6.54 Å². The van der Waals surface area contributed by atoms with Crippen molar-refractivity contribution in [2.45, 2.75) is 39.2 Å². The number of carboxylic acid groups (broad SMARTS) is 1. The first-order chi connectivity index (χ1) is 9.56. The van der Waals surface area contributed by atoms with Crippen molar-refractivity contribution in [2.24, 2.45) is 5.92 Å². The van der Waals surface area contributed by atoms with Crippen molar-refractivity contribution < 1.29 is 14.7 Å². The largest absolute Gasteiger partial charge is 0.481 e. The molecule has 4 heteroatoms. The average molecular weight is 275 g/mol. The molecule has 0 aliphatic carbocycles. The molecular weight excluding hydrogens is 254 g/mol. The van der Waals surface area contributed by atoms with Crippen LogP contribution in [0.2, 0.25) is 0 Å². The number of likely N-dealkylation sites (tertiary alicyclic amines) is 1. The van der Waals surface area contributed by atoms with Gasteiger partial charge in [-0.1, -0.05) is 31.2 Å². The number of hydrogen-bond donors (Lipinski definition) is 1. The summed E-state index contributed by atoms with van der Waals surface area (Å²) in [6.07, 6.45) is 2.58. The van der Waals surface area contributed by atoms with Crippen molar-refractivity contribution in [3.63, 3.8) is 0 Å². The number of nitrogens with zero attached hydrogens (tertiary/aromatic N) is 1. The van der Waals surface area contributed by atoms with Crippen LogP contribution in [0.15, 0.2) is 24.3 Å². The maximum atomic E-state index is 12.1. The summed E-state index contributed by atoms with van der Waals surface area (Å²) in [7, 11) is 0. The second kappa shape index (κ2) is 6.55. The Bertz CT molecular complexity index is 498. The molecule has 1 aliphatic rings. The van der Waals surface area contributed by atoms with E-state index in [9.17, 15) is 9.59 Å². The van der Waals surface area contributed by atoms with Gasteiger partial charge < -0.3 is 10.0 Å². The highest BCUT2D eigenvalue weighted by atomic mass is 16.4. The van der Waals surface area contributed by atoms with Crippen LogP contribution < -0.4 is 0 Å². The van der Waals surface area contributed by atoms with Crippen molar-refractivity contribution >= 4 is 11.9 Å². The van der Waals surface area contributed by atoms with Gasteiger partial charge in [0.05, 0.1) is 6.42 Å². The molecule has 1 aromatic rings. The van der Waals surface area contributed by atoms with Gasteiger partial charge >= 0.3 is 5.97 Å². The fourth-order valence-corrected chi connectivity index (χ4v) is 2.59. The summed E-state index contributed by atoms with van der Waals surface area (Å²) < 4.78 is 0. The molecule has 1 saturated heterocycles. The molecule has 1 amide bonds. The molecule has 0 saturated carbocycles. The highest BCUT2D eigenvalue weighted by molar-refractivity contribution is 5.76. The third kappa shape index (κ3) is 3.83. The second-order valence-electron chi connectivity index (χ2n) is 5.59.